The number of rotatable bonds is 7. The van der Waals surface area contributed by atoms with E-state index < -0.39 is 48.0 Å². The summed E-state index contributed by atoms with van der Waals surface area (Å²) < 4.78 is 80.4. The van der Waals surface area contributed by atoms with E-state index in [4.69, 9.17) is 0 Å². The minimum atomic E-state index is -4.45. The van der Waals surface area contributed by atoms with Crippen molar-refractivity contribution < 1.29 is 31.4 Å². The molecule has 0 bridgehead atoms. The standard InChI is InChI=1S/C22H24F6N4O/c23-16-18(29-11-20(33)7-9-21(24,25)10-8-20)30-12-31-19(16)32-17(13-1-2-13)14-3-5-15(6-4-14)22(26,27)28/h3-6,12-13,17,33H,1-2,7-11H2,(H2,29,30,31,32). The SMILES string of the molecule is OC1(CNc2ncnc(NC(c3ccc(C(F)(F)F)cc3)C3CC3)c2F)CCC(F)(F)CC1. The first kappa shape index (κ1) is 23.6. The highest BCUT2D eigenvalue weighted by Gasteiger charge is 2.42. The highest BCUT2D eigenvalue weighted by atomic mass is 19.4. The highest BCUT2D eigenvalue weighted by Crippen LogP contribution is 2.44. The van der Waals surface area contributed by atoms with Crippen LogP contribution in [0.1, 0.15) is 55.7 Å². The molecule has 180 valence electrons. The first-order valence-corrected chi connectivity index (χ1v) is 10.7. The predicted molar refractivity (Wildman–Crippen MR) is 109 cm³/mol. The Bertz CT molecular complexity index is 968. The minimum Gasteiger partial charge on any atom is -0.388 e. The van der Waals surface area contributed by atoms with Gasteiger partial charge < -0.3 is 15.7 Å². The summed E-state index contributed by atoms with van der Waals surface area (Å²) in [4.78, 5) is 7.76. The molecule has 11 heteroatoms. The molecule has 2 fully saturated rings. The molecular formula is C22H24F6N4O. The third-order valence-electron chi connectivity index (χ3n) is 6.27. The van der Waals surface area contributed by atoms with Crippen molar-refractivity contribution in [1.29, 1.82) is 0 Å². The van der Waals surface area contributed by atoms with E-state index in [2.05, 4.69) is 20.6 Å². The quantitative estimate of drug-likeness (QED) is 0.459. The molecule has 1 aromatic heterocycles. The molecule has 2 aromatic rings. The lowest BCUT2D eigenvalue weighted by atomic mass is 9.83. The zero-order valence-corrected chi connectivity index (χ0v) is 17.6. The van der Waals surface area contributed by atoms with Crippen LogP contribution in [0.4, 0.5) is 38.0 Å². The van der Waals surface area contributed by atoms with Gasteiger partial charge in [0.15, 0.2) is 11.6 Å². The Balaban J connectivity index is 1.46. The summed E-state index contributed by atoms with van der Waals surface area (Å²) in [5.41, 5.74) is -1.59. The molecule has 0 aliphatic heterocycles. The first-order valence-electron chi connectivity index (χ1n) is 10.7. The first-order chi connectivity index (χ1) is 15.5. The topological polar surface area (TPSA) is 70.1 Å². The second-order valence-electron chi connectivity index (χ2n) is 8.90. The summed E-state index contributed by atoms with van der Waals surface area (Å²) in [5.74, 6) is -3.83. The Kier molecular flexibility index (Phi) is 6.19. The van der Waals surface area contributed by atoms with E-state index in [-0.39, 0.29) is 36.9 Å². The van der Waals surface area contributed by atoms with Crippen LogP contribution in [0.5, 0.6) is 0 Å². The van der Waals surface area contributed by atoms with E-state index in [1.165, 1.54) is 12.1 Å². The zero-order chi connectivity index (χ0) is 23.9. The van der Waals surface area contributed by atoms with Gasteiger partial charge in [-0.05, 0) is 49.3 Å². The summed E-state index contributed by atoms with van der Waals surface area (Å²) >= 11 is 0. The molecule has 2 saturated carbocycles. The number of alkyl halides is 5. The molecule has 3 N–H and O–H groups in total. The van der Waals surface area contributed by atoms with Gasteiger partial charge >= 0.3 is 6.18 Å². The third kappa shape index (κ3) is 5.69. The lowest BCUT2D eigenvalue weighted by molar-refractivity contribution is -0.137. The van der Waals surface area contributed by atoms with Gasteiger partial charge in [0.1, 0.15) is 6.33 Å². The molecule has 1 atom stereocenters. The minimum absolute atomic E-state index is 0.122. The van der Waals surface area contributed by atoms with Gasteiger partial charge in [0.05, 0.1) is 17.2 Å². The van der Waals surface area contributed by atoms with Gasteiger partial charge in [0.25, 0.3) is 0 Å². The van der Waals surface area contributed by atoms with Crippen LogP contribution in [-0.2, 0) is 6.18 Å². The lowest BCUT2D eigenvalue weighted by Gasteiger charge is -2.36. The number of anilines is 2. The molecule has 0 spiro atoms. The molecule has 1 aromatic carbocycles. The van der Waals surface area contributed by atoms with Gasteiger partial charge in [-0.15, -0.1) is 0 Å². The number of nitrogens with zero attached hydrogens (tertiary/aromatic N) is 2. The fourth-order valence-corrected chi connectivity index (χ4v) is 4.03. The summed E-state index contributed by atoms with van der Waals surface area (Å²) in [6.45, 7) is -0.151. The smallest absolute Gasteiger partial charge is 0.388 e. The summed E-state index contributed by atoms with van der Waals surface area (Å²) in [5, 5.41) is 16.2. The third-order valence-corrected chi connectivity index (χ3v) is 6.27. The molecule has 1 heterocycles. The van der Waals surface area contributed by atoms with Crippen LogP contribution >= 0.6 is 0 Å². The Morgan fingerprint density at radius 3 is 2.18 bits per heavy atom. The molecule has 0 saturated heterocycles. The number of benzene rings is 1. The molecule has 5 nitrogen and oxygen atoms in total. The van der Waals surface area contributed by atoms with Crippen molar-refractivity contribution in [3.05, 3.63) is 47.5 Å². The van der Waals surface area contributed by atoms with E-state index in [0.717, 1.165) is 31.3 Å². The van der Waals surface area contributed by atoms with Crippen molar-refractivity contribution in [3.63, 3.8) is 0 Å². The normalized spacial score (nSPS) is 20.8. The van der Waals surface area contributed by atoms with Gasteiger partial charge in [0.2, 0.25) is 11.7 Å². The summed E-state index contributed by atoms with van der Waals surface area (Å²) in [6, 6.07) is 4.28. The maximum Gasteiger partial charge on any atom is 0.416 e. The monoisotopic (exact) mass is 474 g/mol. The number of aliphatic hydroxyl groups is 1. The number of nitrogens with one attached hydrogen (secondary N) is 2. The molecule has 33 heavy (non-hydrogen) atoms. The van der Waals surface area contributed by atoms with Crippen molar-refractivity contribution >= 4 is 11.6 Å². The van der Waals surface area contributed by atoms with Crippen LogP contribution in [0.2, 0.25) is 0 Å². The van der Waals surface area contributed by atoms with E-state index >= 15 is 4.39 Å². The Morgan fingerprint density at radius 2 is 1.61 bits per heavy atom. The van der Waals surface area contributed by atoms with Crippen LogP contribution in [0.15, 0.2) is 30.6 Å². The molecule has 0 radical (unpaired) electrons. The Hall–Kier alpha value is -2.56. The van der Waals surface area contributed by atoms with Gasteiger partial charge in [-0.1, -0.05) is 12.1 Å². The van der Waals surface area contributed by atoms with Gasteiger partial charge in [-0.3, -0.25) is 0 Å². The van der Waals surface area contributed by atoms with Crippen LogP contribution in [0, 0.1) is 11.7 Å². The van der Waals surface area contributed by atoms with Crippen LogP contribution < -0.4 is 10.6 Å². The van der Waals surface area contributed by atoms with Crippen LogP contribution in [0.3, 0.4) is 0 Å². The summed E-state index contributed by atoms with van der Waals surface area (Å²) in [6.07, 6.45) is -2.78. The van der Waals surface area contributed by atoms with Gasteiger partial charge in [-0.2, -0.15) is 17.6 Å². The maximum atomic E-state index is 15.1. The fourth-order valence-electron chi connectivity index (χ4n) is 4.03. The van der Waals surface area contributed by atoms with Crippen molar-refractivity contribution in [2.45, 2.75) is 62.3 Å². The van der Waals surface area contributed by atoms with Crippen molar-refractivity contribution in [2.24, 2.45) is 5.92 Å². The predicted octanol–water partition coefficient (Wildman–Crippen LogP) is 5.55. The molecule has 1 unspecified atom stereocenters. The van der Waals surface area contributed by atoms with E-state index in [1.54, 1.807) is 0 Å². The molecule has 0 amide bonds. The van der Waals surface area contributed by atoms with Crippen LogP contribution in [-0.4, -0.2) is 33.1 Å². The van der Waals surface area contributed by atoms with Crippen LogP contribution in [0.25, 0.3) is 0 Å². The van der Waals surface area contributed by atoms with E-state index in [9.17, 15) is 27.1 Å². The molecule has 2 aliphatic carbocycles. The average Bonchev–Trinajstić information content (AvgIpc) is 3.59. The Morgan fingerprint density at radius 1 is 1.00 bits per heavy atom. The van der Waals surface area contributed by atoms with Crippen molar-refractivity contribution in [2.75, 3.05) is 17.2 Å². The van der Waals surface area contributed by atoms with Gasteiger partial charge in [0, 0.05) is 19.4 Å². The number of halogens is 6. The van der Waals surface area contributed by atoms with E-state index in [0.29, 0.717) is 5.56 Å². The average molecular weight is 474 g/mol. The number of hydrogen-bond acceptors (Lipinski definition) is 5. The van der Waals surface area contributed by atoms with Crippen molar-refractivity contribution in [1.82, 2.24) is 9.97 Å². The van der Waals surface area contributed by atoms with Gasteiger partial charge in [-0.25, -0.2) is 18.7 Å². The summed E-state index contributed by atoms with van der Waals surface area (Å²) in [7, 11) is 0. The molecular weight excluding hydrogens is 450 g/mol. The molecule has 2 aliphatic rings. The second kappa shape index (κ2) is 8.66. The number of aromatic nitrogens is 2. The Labute approximate surface area is 186 Å². The fraction of sp³-hybridized carbons (Fsp3) is 0.545. The van der Waals surface area contributed by atoms with Crippen molar-refractivity contribution in [3.8, 4) is 0 Å². The largest absolute Gasteiger partial charge is 0.416 e. The van der Waals surface area contributed by atoms with E-state index in [1.807, 2.05) is 0 Å². The highest BCUT2D eigenvalue weighted by molar-refractivity contribution is 5.51. The molecule has 4 rings (SSSR count). The zero-order valence-electron chi connectivity index (χ0n) is 17.6. The maximum absolute atomic E-state index is 15.1. The lowest BCUT2D eigenvalue weighted by Crippen LogP contribution is -2.43. The number of hydrogen-bond donors (Lipinski definition) is 3. The second-order valence-corrected chi connectivity index (χ2v) is 8.90.